The molecule has 0 aromatic rings. The van der Waals surface area contributed by atoms with Crippen LogP contribution in [-0.4, -0.2) is 77.0 Å². The number of nitrogens with two attached hydrogens (primary N) is 1. The highest BCUT2D eigenvalue weighted by Crippen LogP contribution is 2.24. The number of amides is 3. The molecule has 2 fully saturated rings. The zero-order valence-electron chi connectivity index (χ0n) is 13.7. The second-order valence-corrected chi connectivity index (χ2v) is 6.46. The highest BCUT2D eigenvalue weighted by molar-refractivity contribution is 5.93. The van der Waals surface area contributed by atoms with Crippen LogP contribution in [0.5, 0.6) is 0 Å². The van der Waals surface area contributed by atoms with Gasteiger partial charge in [-0.3, -0.25) is 19.3 Å². The van der Waals surface area contributed by atoms with Crippen LogP contribution in [0, 0.1) is 0 Å². The number of nitrogens with zero attached hydrogens (tertiary/aromatic N) is 2. The molecule has 0 aromatic heterocycles. The summed E-state index contributed by atoms with van der Waals surface area (Å²) in [5, 5.41) is 12.0. The molecule has 1 unspecified atom stereocenters. The van der Waals surface area contributed by atoms with Gasteiger partial charge in [0.15, 0.2) is 0 Å². The van der Waals surface area contributed by atoms with E-state index in [4.69, 9.17) is 5.73 Å². The Balaban J connectivity index is 2.04. The number of primary amides is 1. The summed E-state index contributed by atoms with van der Waals surface area (Å²) < 4.78 is 0. The number of carbonyl (C=O) groups excluding carboxylic acids is 3. The normalized spacial score (nSPS) is 27.7. The molecule has 130 valence electrons. The van der Waals surface area contributed by atoms with E-state index in [1.54, 1.807) is 4.90 Å². The van der Waals surface area contributed by atoms with E-state index in [0.29, 0.717) is 13.0 Å². The fourth-order valence-corrected chi connectivity index (χ4v) is 3.40. The topological polar surface area (TPSA) is 116 Å². The van der Waals surface area contributed by atoms with Gasteiger partial charge < -0.3 is 21.1 Å². The van der Waals surface area contributed by atoms with E-state index in [2.05, 4.69) is 5.32 Å². The molecule has 0 saturated carbocycles. The number of nitrogens with one attached hydrogen (secondary N) is 1. The van der Waals surface area contributed by atoms with Crippen molar-refractivity contribution >= 4 is 17.7 Å². The third kappa shape index (κ3) is 3.81. The Morgan fingerprint density at radius 1 is 1.17 bits per heavy atom. The van der Waals surface area contributed by atoms with Crippen LogP contribution < -0.4 is 11.1 Å². The van der Waals surface area contributed by atoms with Crippen molar-refractivity contribution in [3.63, 3.8) is 0 Å². The Morgan fingerprint density at radius 3 is 2.30 bits per heavy atom. The SMILES string of the molecule is C[C@@H](O)[C@H](NC(=O)C1CCCN1C(=O)[C@H]1CCCN1C)C(N)=O. The summed E-state index contributed by atoms with van der Waals surface area (Å²) in [6.07, 6.45) is 2.00. The highest BCUT2D eigenvalue weighted by atomic mass is 16.3. The molecule has 2 heterocycles. The second-order valence-electron chi connectivity index (χ2n) is 6.46. The van der Waals surface area contributed by atoms with Crippen LogP contribution in [0.1, 0.15) is 32.6 Å². The van der Waals surface area contributed by atoms with Crippen LogP contribution in [0.25, 0.3) is 0 Å². The van der Waals surface area contributed by atoms with Crippen LogP contribution in [0.15, 0.2) is 0 Å². The van der Waals surface area contributed by atoms with Crippen molar-refractivity contribution in [3.05, 3.63) is 0 Å². The van der Waals surface area contributed by atoms with Crippen molar-refractivity contribution < 1.29 is 19.5 Å². The molecular formula is C15H26N4O4. The van der Waals surface area contributed by atoms with E-state index in [-0.39, 0.29) is 11.9 Å². The van der Waals surface area contributed by atoms with Gasteiger partial charge in [-0.15, -0.1) is 0 Å². The van der Waals surface area contributed by atoms with Gasteiger partial charge in [0.25, 0.3) is 0 Å². The van der Waals surface area contributed by atoms with Crippen LogP contribution in [0.4, 0.5) is 0 Å². The second kappa shape index (κ2) is 7.27. The lowest BCUT2D eigenvalue weighted by molar-refractivity contribution is -0.142. The first kappa shape index (κ1) is 17.7. The van der Waals surface area contributed by atoms with E-state index in [1.807, 2.05) is 11.9 Å². The summed E-state index contributed by atoms with van der Waals surface area (Å²) >= 11 is 0. The molecule has 0 bridgehead atoms. The standard InChI is InChI=1S/C15H26N4O4/c1-9(20)12(13(16)21)17-14(22)10-5-4-8-19(10)15(23)11-6-3-7-18(11)2/h9-12,20H,3-8H2,1-2H3,(H2,16,21)(H,17,22)/t9-,10?,11-,12+/m1/s1. The van der Waals surface area contributed by atoms with Crippen molar-refractivity contribution in [1.29, 1.82) is 0 Å². The van der Waals surface area contributed by atoms with Gasteiger partial charge in [0.05, 0.1) is 12.1 Å². The van der Waals surface area contributed by atoms with Crippen molar-refractivity contribution in [1.82, 2.24) is 15.1 Å². The van der Waals surface area contributed by atoms with E-state index < -0.39 is 30.0 Å². The molecule has 4 N–H and O–H groups in total. The Hall–Kier alpha value is -1.67. The molecule has 2 aliphatic heterocycles. The molecule has 0 spiro atoms. The smallest absolute Gasteiger partial charge is 0.243 e. The minimum absolute atomic E-state index is 0.0321. The molecule has 0 aromatic carbocycles. The Kier molecular flexibility index (Phi) is 5.59. The monoisotopic (exact) mass is 326 g/mol. The van der Waals surface area contributed by atoms with Crippen molar-refractivity contribution in [2.45, 2.75) is 56.8 Å². The molecular weight excluding hydrogens is 300 g/mol. The van der Waals surface area contributed by atoms with Crippen molar-refractivity contribution in [2.24, 2.45) is 5.73 Å². The fraction of sp³-hybridized carbons (Fsp3) is 0.800. The summed E-state index contributed by atoms with van der Waals surface area (Å²) in [5.74, 6) is -1.25. The molecule has 4 atom stereocenters. The van der Waals surface area contributed by atoms with Gasteiger partial charge in [0.1, 0.15) is 12.1 Å². The zero-order chi connectivity index (χ0) is 17.1. The van der Waals surface area contributed by atoms with E-state index in [0.717, 1.165) is 25.8 Å². The van der Waals surface area contributed by atoms with Crippen molar-refractivity contribution in [3.8, 4) is 0 Å². The molecule has 0 radical (unpaired) electrons. The number of likely N-dealkylation sites (tertiary alicyclic amines) is 2. The fourth-order valence-electron chi connectivity index (χ4n) is 3.40. The molecule has 0 aliphatic carbocycles. The lowest BCUT2D eigenvalue weighted by atomic mass is 10.1. The third-order valence-corrected chi connectivity index (χ3v) is 4.73. The first-order valence-corrected chi connectivity index (χ1v) is 8.11. The van der Waals surface area contributed by atoms with Crippen molar-refractivity contribution in [2.75, 3.05) is 20.1 Å². The maximum Gasteiger partial charge on any atom is 0.243 e. The number of hydrogen-bond donors (Lipinski definition) is 3. The molecule has 2 aliphatic rings. The first-order chi connectivity index (χ1) is 10.8. The summed E-state index contributed by atoms with van der Waals surface area (Å²) in [6.45, 7) is 2.81. The van der Waals surface area contributed by atoms with E-state index >= 15 is 0 Å². The van der Waals surface area contributed by atoms with E-state index in [9.17, 15) is 19.5 Å². The maximum absolute atomic E-state index is 12.7. The Morgan fingerprint density at radius 2 is 1.78 bits per heavy atom. The number of aliphatic hydroxyl groups is 1. The van der Waals surface area contributed by atoms with Gasteiger partial charge in [-0.1, -0.05) is 0 Å². The lowest BCUT2D eigenvalue weighted by Crippen LogP contribution is -2.57. The van der Waals surface area contributed by atoms with E-state index in [1.165, 1.54) is 6.92 Å². The summed E-state index contributed by atoms with van der Waals surface area (Å²) in [6, 6.07) is -1.92. The summed E-state index contributed by atoms with van der Waals surface area (Å²) in [5.41, 5.74) is 5.20. The number of likely N-dealkylation sites (N-methyl/N-ethyl adjacent to an activating group) is 1. The highest BCUT2D eigenvalue weighted by Gasteiger charge is 2.40. The number of aliphatic hydroxyl groups excluding tert-OH is 1. The predicted octanol–water partition coefficient (Wildman–Crippen LogP) is -1.58. The average Bonchev–Trinajstić information content (AvgIpc) is 3.11. The number of carbonyl (C=O) groups is 3. The summed E-state index contributed by atoms with van der Waals surface area (Å²) in [7, 11) is 1.91. The van der Waals surface area contributed by atoms with Crippen LogP contribution in [0.3, 0.4) is 0 Å². The molecule has 8 nitrogen and oxygen atoms in total. The molecule has 23 heavy (non-hydrogen) atoms. The molecule has 2 saturated heterocycles. The van der Waals surface area contributed by atoms with Crippen LogP contribution in [0.2, 0.25) is 0 Å². The molecule has 2 rings (SSSR count). The van der Waals surface area contributed by atoms with Gasteiger partial charge >= 0.3 is 0 Å². The van der Waals surface area contributed by atoms with Gasteiger partial charge in [0.2, 0.25) is 17.7 Å². The zero-order valence-corrected chi connectivity index (χ0v) is 13.7. The van der Waals surface area contributed by atoms with Gasteiger partial charge in [-0.05, 0) is 46.2 Å². The lowest BCUT2D eigenvalue weighted by Gasteiger charge is -2.30. The minimum Gasteiger partial charge on any atom is -0.391 e. The van der Waals surface area contributed by atoms with Gasteiger partial charge in [0, 0.05) is 6.54 Å². The Bertz CT molecular complexity index is 482. The van der Waals surface area contributed by atoms with Gasteiger partial charge in [-0.25, -0.2) is 0 Å². The number of rotatable bonds is 5. The van der Waals surface area contributed by atoms with Crippen LogP contribution in [-0.2, 0) is 14.4 Å². The first-order valence-electron chi connectivity index (χ1n) is 8.11. The molecule has 8 heteroatoms. The largest absolute Gasteiger partial charge is 0.391 e. The summed E-state index contributed by atoms with van der Waals surface area (Å²) in [4.78, 5) is 40.1. The van der Waals surface area contributed by atoms with Crippen LogP contribution >= 0.6 is 0 Å². The number of hydrogen-bond acceptors (Lipinski definition) is 5. The quantitative estimate of drug-likeness (QED) is 0.564. The van der Waals surface area contributed by atoms with Gasteiger partial charge in [-0.2, -0.15) is 0 Å². The Labute approximate surface area is 136 Å². The maximum atomic E-state index is 12.7. The molecule has 3 amide bonds. The average molecular weight is 326 g/mol. The predicted molar refractivity (Wildman–Crippen MR) is 83.2 cm³/mol. The third-order valence-electron chi connectivity index (χ3n) is 4.73. The minimum atomic E-state index is -1.14.